The lowest BCUT2D eigenvalue weighted by atomic mass is 10.0. The Morgan fingerprint density at radius 3 is 2.08 bits per heavy atom. The van der Waals surface area contributed by atoms with Crippen LogP contribution in [0, 0.1) is 0 Å². The highest BCUT2D eigenvalue weighted by molar-refractivity contribution is 7.92. The van der Waals surface area contributed by atoms with Crippen molar-refractivity contribution in [3.8, 4) is 0 Å². The summed E-state index contributed by atoms with van der Waals surface area (Å²) in [6.45, 7) is 4.29. The van der Waals surface area contributed by atoms with E-state index in [0.29, 0.717) is 18.7 Å². The van der Waals surface area contributed by atoms with Gasteiger partial charge in [-0.1, -0.05) is 62.4 Å². The fourth-order valence-electron chi connectivity index (χ4n) is 2.91. The highest BCUT2D eigenvalue weighted by atomic mass is 32.2. The maximum absolute atomic E-state index is 12.8. The first kappa shape index (κ1) is 20.0. The first-order valence-electron chi connectivity index (χ1n) is 8.71. The Morgan fingerprint density at radius 1 is 1.04 bits per heavy atom. The molecule has 1 amide bonds. The predicted molar refractivity (Wildman–Crippen MR) is 106 cm³/mol. The molecule has 140 valence electrons. The second-order valence-corrected chi connectivity index (χ2v) is 8.23. The van der Waals surface area contributed by atoms with Gasteiger partial charge in [0.05, 0.1) is 11.9 Å². The minimum atomic E-state index is -3.59. The number of carbonyl (C=O) groups is 1. The van der Waals surface area contributed by atoms with Crippen molar-refractivity contribution in [1.82, 2.24) is 5.32 Å². The molecule has 0 bridgehead atoms. The van der Waals surface area contributed by atoms with E-state index in [4.69, 9.17) is 0 Å². The van der Waals surface area contributed by atoms with Crippen LogP contribution >= 0.6 is 0 Å². The van der Waals surface area contributed by atoms with Crippen LogP contribution in [0.4, 0.5) is 5.69 Å². The molecule has 0 spiro atoms. The second-order valence-electron chi connectivity index (χ2n) is 6.38. The van der Waals surface area contributed by atoms with Gasteiger partial charge in [0.1, 0.15) is 6.04 Å². The summed E-state index contributed by atoms with van der Waals surface area (Å²) in [6, 6.07) is 17.8. The molecule has 0 aromatic heterocycles. The SMILES string of the molecule is CC[C@H](C(=O)NC[C@@H](C)c1ccccc1)N(c1ccccc1)S(C)(=O)=O. The van der Waals surface area contributed by atoms with E-state index in [0.717, 1.165) is 11.8 Å². The molecule has 2 rings (SSSR count). The molecule has 0 unspecified atom stereocenters. The summed E-state index contributed by atoms with van der Waals surface area (Å²) in [7, 11) is -3.59. The molecule has 0 saturated heterocycles. The third-order valence-corrected chi connectivity index (χ3v) is 5.47. The third kappa shape index (κ3) is 5.08. The summed E-state index contributed by atoms with van der Waals surface area (Å²) in [4.78, 5) is 12.8. The van der Waals surface area contributed by atoms with Gasteiger partial charge >= 0.3 is 0 Å². The Hall–Kier alpha value is -2.34. The van der Waals surface area contributed by atoms with Crippen LogP contribution in [0.2, 0.25) is 0 Å². The van der Waals surface area contributed by atoms with Gasteiger partial charge < -0.3 is 5.32 Å². The molecule has 0 saturated carbocycles. The van der Waals surface area contributed by atoms with Crippen LogP contribution in [0.3, 0.4) is 0 Å². The van der Waals surface area contributed by atoms with Gasteiger partial charge in [0.15, 0.2) is 0 Å². The maximum atomic E-state index is 12.8. The van der Waals surface area contributed by atoms with Crippen molar-refractivity contribution >= 4 is 21.6 Å². The average Bonchev–Trinajstić information content (AvgIpc) is 2.64. The molecule has 0 fully saturated rings. The highest BCUT2D eigenvalue weighted by Crippen LogP contribution is 2.22. The van der Waals surface area contributed by atoms with E-state index in [-0.39, 0.29) is 11.8 Å². The molecule has 0 aliphatic rings. The molecule has 2 aromatic carbocycles. The number of hydrogen-bond donors (Lipinski definition) is 1. The molecule has 6 heteroatoms. The van der Waals surface area contributed by atoms with E-state index in [1.54, 1.807) is 24.3 Å². The smallest absolute Gasteiger partial charge is 0.243 e. The predicted octanol–water partition coefficient (Wildman–Crippen LogP) is 3.15. The second kappa shape index (κ2) is 8.85. The summed E-state index contributed by atoms with van der Waals surface area (Å²) in [5.41, 5.74) is 1.62. The number of nitrogens with zero attached hydrogens (tertiary/aromatic N) is 1. The molecule has 0 heterocycles. The van der Waals surface area contributed by atoms with Crippen molar-refractivity contribution in [2.45, 2.75) is 32.2 Å². The maximum Gasteiger partial charge on any atom is 0.243 e. The Bertz CT molecular complexity index is 807. The van der Waals surface area contributed by atoms with Gasteiger partial charge in [-0.15, -0.1) is 0 Å². The van der Waals surface area contributed by atoms with Gasteiger partial charge in [-0.2, -0.15) is 0 Å². The topological polar surface area (TPSA) is 66.5 Å². The summed E-state index contributed by atoms with van der Waals surface area (Å²) >= 11 is 0. The fraction of sp³-hybridized carbons (Fsp3) is 0.350. The molecule has 2 aromatic rings. The van der Waals surface area contributed by atoms with Crippen molar-refractivity contribution < 1.29 is 13.2 Å². The van der Waals surface area contributed by atoms with E-state index in [1.807, 2.05) is 50.2 Å². The number of nitrogens with one attached hydrogen (secondary N) is 1. The van der Waals surface area contributed by atoms with Gasteiger partial charge in [-0.3, -0.25) is 9.10 Å². The summed E-state index contributed by atoms with van der Waals surface area (Å²) < 4.78 is 25.9. The van der Waals surface area contributed by atoms with Crippen molar-refractivity contribution in [3.63, 3.8) is 0 Å². The first-order valence-corrected chi connectivity index (χ1v) is 10.6. The lowest BCUT2D eigenvalue weighted by molar-refractivity contribution is -0.122. The zero-order valence-electron chi connectivity index (χ0n) is 15.4. The molecule has 26 heavy (non-hydrogen) atoms. The van der Waals surface area contributed by atoms with Gasteiger partial charge in [0.2, 0.25) is 15.9 Å². The van der Waals surface area contributed by atoms with Crippen LogP contribution in [-0.4, -0.2) is 33.2 Å². The summed E-state index contributed by atoms with van der Waals surface area (Å²) in [5.74, 6) is -0.148. The summed E-state index contributed by atoms with van der Waals surface area (Å²) in [6.07, 6.45) is 1.51. The zero-order valence-corrected chi connectivity index (χ0v) is 16.2. The lowest BCUT2D eigenvalue weighted by Crippen LogP contribution is -2.49. The minimum absolute atomic E-state index is 0.140. The van der Waals surface area contributed by atoms with Crippen LogP contribution in [-0.2, 0) is 14.8 Å². The van der Waals surface area contributed by atoms with Gasteiger partial charge in [-0.05, 0) is 30.0 Å². The van der Waals surface area contributed by atoms with Crippen LogP contribution in [0.1, 0.15) is 31.7 Å². The number of para-hydroxylation sites is 1. The average molecular weight is 375 g/mol. The van der Waals surface area contributed by atoms with Crippen molar-refractivity contribution in [2.24, 2.45) is 0 Å². The van der Waals surface area contributed by atoms with Gasteiger partial charge in [-0.25, -0.2) is 8.42 Å². The standard InChI is InChI=1S/C20H26N2O3S/c1-4-19(22(26(3,24)25)18-13-9-6-10-14-18)20(23)21-15-16(2)17-11-7-5-8-12-17/h5-14,16,19H,4,15H2,1-3H3,(H,21,23)/t16-,19-/m1/s1. The number of carbonyl (C=O) groups excluding carboxylic acids is 1. The number of anilines is 1. The number of amides is 1. The van der Waals surface area contributed by atoms with E-state index in [9.17, 15) is 13.2 Å². The fourth-order valence-corrected chi connectivity index (χ4v) is 4.12. The largest absolute Gasteiger partial charge is 0.354 e. The highest BCUT2D eigenvalue weighted by Gasteiger charge is 2.31. The van der Waals surface area contributed by atoms with E-state index < -0.39 is 16.1 Å². The van der Waals surface area contributed by atoms with Crippen LogP contribution < -0.4 is 9.62 Å². The monoisotopic (exact) mass is 374 g/mol. The van der Waals surface area contributed by atoms with Gasteiger partial charge in [0.25, 0.3) is 0 Å². The summed E-state index contributed by atoms with van der Waals surface area (Å²) in [5, 5.41) is 2.91. The quantitative estimate of drug-likeness (QED) is 0.772. The molecular formula is C20H26N2O3S. The number of sulfonamides is 1. The Labute approximate surface area is 156 Å². The number of benzene rings is 2. The number of hydrogen-bond acceptors (Lipinski definition) is 3. The van der Waals surface area contributed by atoms with Crippen LogP contribution in [0.25, 0.3) is 0 Å². The van der Waals surface area contributed by atoms with Crippen molar-refractivity contribution in [1.29, 1.82) is 0 Å². The number of rotatable bonds is 8. The van der Waals surface area contributed by atoms with Gasteiger partial charge in [0, 0.05) is 6.54 Å². The Kier molecular flexibility index (Phi) is 6.80. The molecule has 0 aliphatic heterocycles. The molecule has 0 radical (unpaired) electrons. The lowest BCUT2D eigenvalue weighted by Gasteiger charge is -2.30. The minimum Gasteiger partial charge on any atom is -0.354 e. The zero-order chi connectivity index (χ0) is 19.2. The molecule has 2 atom stereocenters. The van der Waals surface area contributed by atoms with E-state index in [2.05, 4.69) is 5.32 Å². The Balaban J connectivity index is 2.15. The van der Waals surface area contributed by atoms with Crippen molar-refractivity contribution in [2.75, 3.05) is 17.1 Å². The first-order chi connectivity index (χ1) is 12.3. The molecule has 5 nitrogen and oxygen atoms in total. The van der Waals surface area contributed by atoms with Crippen molar-refractivity contribution in [3.05, 3.63) is 66.2 Å². The van der Waals surface area contributed by atoms with Crippen LogP contribution in [0.15, 0.2) is 60.7 Å². The normalized spacial score (nSPS) is 13.7. The molecule has 0 aliphatic carbocycles. The molecular weight excluding hydrogens is 348 g/mol. The Morgan fingerprint density at radius 2 is 1.58 bits per heavy atom. The van der Waals surface area contributed by atoms with Crippen LogP contribution in [0.5, 0.6) is 0 Å². The third-order valence-electron chi connectivity index (χ3n) is 4.29. The molecule has 1 N–H and O–H groups in total. The van der Waals surface area contributed by atoms with E-state index >= 15 is 0 Å². The van der Waals surface area contributed by atoms with E-state index in [1.165, 1.54) is 4.31 Å².